The van der Waals surface area contributed by atoms with E-state index in [9.17, 15) is 9.59 Å². The summed E-state index contributed by atoms with van der Waals surface area (Å²) >= 11 is 5.84. The molecular weight excluding hydrogens is 362 g/mol. The van der Waals surface area contributed by atoms with Crippen molar-refractivity contribution in [2.24, 2.45) is 23.2 Å². The number of ether oxygens (including phenoxy) is 1. The van der Waals surface area contributed by atoms with Crippen LogP contribution in [0, 0.1) is 23.2 Å². The Balaban J connectivity index is 1.25. The van der Waals surface area contributed by atoms with Crippen molar-refractivity contribution in [2.45, 2.75) is 57.9 Å². The van der Waals surface area contributed by atoms with E-state index >= 15 is 0 Å². The Morgan fingerprint density at radius 3 is 2.22 bits per heavy atom. The summed E-state index contributed by atoms with van der Waals surface area (Å²) in [5.74, 6) is 1.98. The van der Waals surface area contributed by atoms with E-state index in [0.29, 0.717) is 5.02 Å². The number of carbonyl (C=O) groups is 2. The molecular formula is C22H28ClNO3. The van der Waals surface area contributed by atoms with Crippen molar-refractivity contribution < 1.29 is 14.3 Å². The second kappa shape index (κ2) is 7.46. The van der Waals surface area contributed by atoms with Crippen LogP contribution in [-0.4, -0.2) is 24.5 Å². The third kappa shape index (κ3) is 4.16. The number of halogens is 1. The molecule has 1 atom stereocenters. The Morgan fingerprint density at radius 2 is 1.67 bits per heavy atom. The molecule has 4 bridgehead atoms. The average Bonchev–Trinajstić information content (AvgIpc) is 2.61. The highest BCUT2D eigenvalue weighted by Crippen LogP contribution is 2.61. The van der Waals surface area contributed by atoms with E-state index < -0.39 is 5.97 Å². The summed E-state index contributed by atoms with van der Waals surface area (Å²) in [6, 6.07) is 7.21. The minimum atomic E-state index is -0.394. The van der Waals surface area contributed by atoms with Crippen LogP contribution in [0.15, 0.2) is 24.3 Å². The monoisotopic (exact) mass is 389 g/mol. The Labute approximate surface area is 166 Å². The number of rotatable bonds is 6. The standard InChI is InChI=1S/C22H28ClNO3/c1-14(22-10-16-6-17(11-22)8-18(7-16)12-22)24-20(25)13-27-21(26)9-15-2-4-19(23)5-3-15/h2-5,14,16-18H,6-13H2,1H3,(H,24,25)/t14-,16?,17?,18?,22?/m0/s1. The van der Waals surface area contributed by atoms with Crippen molar-refractivity contribution in [1.82, 2.24) is 5.32 Å². The summed E-state index contributed by atoms with van der Waals surface area (Å²) in [5, 5.41) is 3.76. The fourth-order valence-corrected chi connectivity index (χ4v) is 6.24. The van der Waals surface area contributed by atoms with E-state index in [1.54, 1.807) is 24.3 Å². The Morgan fingerprint density at radius 1 is 1.11 bits per heavy atom. The Hall–Kier alpha value is -1.55. The summed E-state index contributed by atoms with van der Waals surface area (Å²) in [4.78, 5) is 24.3. The molecule has 27 heavy (non-hydrogen) atoms. The van der Waals surface area contributed by atoms with Crippen molar-refractivity contribution in [3.63, 3.8) is 0 Å². The SMILES string of the molecule is C[C@H](NC(=O)COC(=O)Cc1ccc(Cl)cc1)C12CC3CC(CC(C3)C1)C2. The first-order valence-corrected chi connectivity index (χ1v) is 10.5. The number of hydrogen-bond donors (Lipinski definition) is 1. The van der Waals surface area contributed by atoms with Crippen LogP contribution < -0.4 is 5.32 Å². The van der Waals surface area contributed by atoms with Gasteiger partial charge in [0.2, 0.25) is 0 Å². The molecule has 0 heterocycles. The van der Waals surface area contributed by atoms with E-state index in [2.05, 4.69) is 12.2 Å². The second-order valence-electron chi connectivity index (χ2n) is 9.03. The van der Waals surface area contributed by atoms with Gasteiger partial charge in [0.1, 0.15) is 0 Å². The zero-order valence-corrected chi connectivity index (χ0v) is 16.6. The van der Waals surface area contributed by atoms with E-state index in [1.807, 2.05) is 0 Å². The van der Waals surface area contributed by atoms with Crippen molar-refractivity contribution in [3.05, 3.63) is 34.9 Å². The molecule has 4 aliphatic carbocycles. The smallest absolute Gasteiger partial charge is 0.310 e. The lowest BCUT2D eigenvalue weighted by Crippen LogP contribution is -2.56. The first kappa shape index (κ1) is 18.8. The topological polar surface area (TPSA) is 55.4 Å². The Bertz CT molecular complexity index is 679. The van der Waals surface area contributed by atoms with Gasteiger partial charge in [0, 0.05) is 11.1 Å². The van der Waals surface area contributed by atoms with E-state index in [0.717, 1.165) is 23.3 Å². The predicted molar refractivity (Wildman–Crippen MR) is 104 cm³/mol. The average molecular weight is 390 g/mol. The van der Waals surface area contributed by atoms with Crippen molar-refractivity contribution in [2.75, 3.05) is 6.61 Å². The second-order valence-corrected chi connectivity index (χ2v) is 9.47. The number of esters is 1. The molecule has 1 amide bonds. The highest BCUT2D eigenvalue weighted by atomic mass is 35.5. The lowest BCUT2D eigenvalue weighted by molar-refractivity contribution is -0.148. The van der Waals surface area contributed by atoms with Gasteiger partial charge in [0.15, 0.2) is 6.61 Å². The van der Waals surface area contributed by atoms with Gasteiger partial charge in [-0.2, -0.15) is 0 Å². The lowest BCUT2D eigenvalue weighted by atomic mass is 9.48. The number of benzene rings is 1. The van der Waals surface area contributed by atoms with E-state index in [1.165, 1.54) is 38.5 Å². The maximum atomic E-state index is 12.3. The summed E-state index contributed by atoms with van der Waals surface area (Å²) in [6.07, 6.45) is 8.06. The predicted octanol–water partition coefficient (Wildman–Crippen LogP) is 4.15. The third-order valence-corrected chi connectivity index (χ3v) is 7.26. The van der Waals surface area contributed by atoms with Crippen LogP contribution in [-0.2, 0) is 20.7 Å². The molecule has 1 N–H and O–H groups in total. The molecule has 4 saturated carbocycles. The zero-order valence-electron chi connectivity index (χ0n) is 15.9. The van der Waals surface area contributed by atoms with Gasteiger partial charge in [0.05, 0.1) is 6.42 Å². The number of amides is 1. The molecule has 1 aromatic carbocycles. The molecule has 0 unspecified atom stereocenters. The van der Waals surface area contributed by atoms with Crippen LogP contribution in [0.5, 0.6) is 0 Å². The molecule has 0 saturated heterocycles. The molecule has 0 aliphatic heterocycles. The molecule has 0 aromatic heterocycles. The first-order chi connectivity index (χ1) is 12.9. The number of nitrogens with one attached hydrogen (secondary N) is 1. The largest absolute Gasteiger partial charge is 0.455 e. The fraction of sp³-hybridized carbons (Fsp3) is 0.636. The lowest BCUT2D eigenvalue weighted by Gasteiger charge is -2.59. The van der Waals surface area contributed by atoms with Crippen molar-refractivity contribution in [1.29, 1.82) is 0 Å². The van der Waals surface area contributed by atoms with E-state index in [4.69, 9.17) is 16.3 Å². The van der Waals surface area contributed by atoms with E-state index in [-0.39, 0.29) is 30.4 Å². The normalized spacial score (nSPS) is 32.1. The van der Waals surface area contributed by atoms with Gasteiger partial charge in [0.25, 0.3) is 5.91 Å². The fourth-order valence-electron chi connectivity index (χ4n) is 6.11. The van der Waals surface area contributed by atoms with Gasteiger partial charge in [-0.05, 0) is 86.3 Å². The molecule has 1 aromatic rings. The highest BCUT2D eigenvalue weighted by Gasteiger charge is 2.53. The maximum absolute atomic E-state index is 12.3. The maximum Gasteiger partial charge on any atom is 0.310 e. The van der Waals surface area contributed by atoms with Crippen molar-refractivity contribution in [3.8, 4) is 0 Å². The minimum Gasteiger partial charge on any atom is -0.455 e. The van der Waals surface area contributed by atoms with Gasteiger partial charge in [-0.15, -0.1) is 0 Å². The van der Waals surface area contributed by atoms with Crippen LogP contribution in [0.3, 0.4) is 0 Å². The molecule has 5 heteroatoms. The van der Waals surface area contributed by atoms with Crippen LogP contribution >= 0.6 is 11.6 Å². The third-order valence-electron chi connectivity index (χ3n) is 7.01. The van der Waals surface area contributed by atoms with Gasteiger partial charge in [-0.1, -0.05) is 23.7 Å². The Kier molecular flexibility index (Phi) is 5.19. The minimum absolute atomic E-state index is 0.147. The van der Waals surface area contributed by atoms with Crippen LogP contribution in [0.2, 0.25) is 5.02 Å². The molecule has 4 aliphatic rings. The van der Waals surface area contributed by atoms with Crippen molar-refractivity contribution >= 4 is 23.5 Å². The summed E-state index contributed by atoms with van der Waals surface area (Å²) < 4.78 is 5.17. The van der Waals surface area contributed by atoms with Gasteiger partial charge in [-0.25, -0.2) is 0 Å². The van der Waals surface area contributed by atoms with Crippen LogP contribution in [0.4, 0.5) is 0 Å². The molecule has 4 fully saturated rings. The molecule has 5 rings (SSSR count). The molecule has 0 spiro atoms. The quantitative estimate of drug-likeness (QED) is 0.743. The summed E-state index contributed by atoms with van der Waals surface area (Å²) in [7, 11) is 0. The van der Waals surface area contributed by atoms with Gasteiger partial charge >= 0.3 is 5.97 Å². The van der Waals surface area contributed by atoms with Gasteiger partial charge in [-0.3, -0.25) is 9.59 Å². The van der Waals surface area contributed by atoms with Crippen LogP contribution in [0.25, 0.3) is 0 Å². The van der Waals surface area contributed by atoms with Crippen LogP contribution in [0.1, 0.15) is 51.0 Å². The van der Waals surface area contributed by atoms with Gasteiger partial charge < -0.3 is 10.1 Å². The number of carbonyl (C=O) groups excluding carboxylic acids is 2. The first-order valence-electron chi connectivity index (χ1n) is 10.1. The summed E-state index contributed by atoms with van der Waals surface area (Å²) in [6.45, 7) is 1.93. The molecule has 0 radical (unpaired) electrons. The highest BCUT2D eigenvalue weighted by molar-refractivity contribution is 6.30. The molecule has 4 nitrogen and oxygen atoms in total. The number of hydrogen-bond acceptors (Lipinski definition) is 3. The zero-order chi connectivity index (χ0) is 19.0. The summed E-state index contributed by atoms with van der Waals surface area (Å²) in [5.41, 5.74) is 1.09. The molecule has 146 valence electrons.